The SMILES string of the molecule is COc1cccc(CC(O)c2c(Cl)cccc2OC)c1. The number of aliphatic hydroxyl groups excluding tert-OH is 1. The lowest BCUT2D eigenvalue weighted by Gasteiger charge is -2.16. The lowest BCUT2D eigenvalue weighted by atomic mass is 10.0. The van der Waals surface area contributed by atoms with Crippen LogP contribution < -0.4 is 9.47 Å². The maximum Gasteiger partial charge on any atom is 0.126 e. The van der Waals surface area contributed by atoms with Crippen molar-refractivity contribution in [2.24, 2.45) is 0 Å². The molecule has 3 nitrogen and oxygen atoms in total. The topological polar surface area (TPSA) is 38.7 Å². The zero-order chi connectivity index (χ0) is 14.5. The van der Waals surface area contributed by atoms with Gasteiger partial charge in [-0.05, 0) is 29.8 Å². The number of hydrogen-bond donors (Lipinski definition) is 1. The summed E-state index contributed by atoms with van der Waals surface area (Å²) in [6.07, 6.45) is -0.289. The predicted octanol–water partition coefficient (Wildman–Crippen LogP) is 3.63. The van der Waals surface area contributed by atoms with Crippen molar-refractivity contribution in [2.45, 2.75) is 12.5 Å². The van der Waals surface area contributed by atoms with E-state index in [0.29, 0.717) is 22.8 Å². The number of halogens is 1. The molecule has 1 N–H and O–H groups in total. The first-order chi connectivity index (χ1) is 9.65. The van der Waals surface area contributed by atoms with E-state index in [0.717, 1.165) is 11.3 Å². The van der Waals surface area contributed by atoms with Crippen molar-refractivity contribution in [3.05, 3.63) is 58.6 Å². The molecule has 0 aliphatic rings. The summed E-state index contributed by atoms with van der Waals surface area (Å²) in [4.78, 5) is 0. The molecule has 4 heteroatoms. The quantitative estimate of drug-likeness (QED) is 0.914. The third-order valence-corrected chi connectivity index (χ3v) is 3.46. The molecule has 0 bridgehead atoms. The van der Waals surface area contributed by atoms with E-state index in [9.17, 15) is 5.11 Å². The molecule has 0 heterocycles. The van der Waals surface area contributed by atoms with E-state index in [1.807, 2.05) is 24.3 Å². The minimum absolute atomic E-state index is 0.442. The van der Waals surface area contributed by atoms with Gasteiger partial charge >= 0.3 is 0 Å². The normalized spacial score (nSPS) is 12.0. The summed E-state index contributed by atoms with van der Waals surface area (Å²) >= 11 is 6.16. The number of benzene rings is 2. The van der Waals surface area contributed by atoms with Crippen molar-refractivity contribution in [3.8, 4) is 11.5 Å². The van der Waals surface area contributed by atoms with Crippen LogP contribution in [0.3, 0.4) is 0 Å². The summed E-state index contributed by atoms with van der Waals surface area (Å²) < 4.78 is 10.4. The number of methoxy groups -OCH3 is 2. The molecule has 106 valence electrons. The van der Waals surface area contributed by atoms with E-state index in [-0.39, 0.29) is 0 Å². The largest absolute Gasteiger partial charge is 0.497 e. The Hall–Kier alpha value is -1.71. The van der Waals surface area contributed by atoms with Crippen LogP contribution in [0.4, 0.5) is 0 Å². The second-order valence-electron chi connectivity index (χ2n) is 4.43. The van der Waals surface area contributed by atoms with Gasteiger partial charge in [-0.15, -0.1) is 0 Å². The third kappa shape index (κ3) is 3.24. The molecule has 1 atom stereocenters. The Bertz CT molecular complexity index is 584. The van der Waals surface area contributed by atoms with Crippen LogP contribution in [0.25, 0.3) is 0 Å². The average molecular weight is 293 g/mol. The molecule has 2 aromatic carbocycles. The maximum absolute atomic E-state index is 10.4. The second-order valence-corrected chi connectivity index (χ2v) is 4.83. The lowest BCUT2D eigenvalue weighted by Crippen LogP contribution is -2.05. The van der Waals surface area contributed by atoms with Gasteiger partial charge in [0, 0.05) is 12.0 Å². The first kappa shape index (κ1) is 14.7. The van der Waals surface area contributed by atoms with Crippen LogP contribution >= 0.6 is 11.6 Å². The lowest BCUT2D eigenvalue weighted by molar-refractivity contribution is 0.174. The Labute approximate surface area is 123 Å². The van der Waals surface area contributed by atoms with Crippen LogP contribution in [0.2, 0.25) is 5.02 Å². The Morgan fingerprint density at radius 1 is 1.10 bits per heavy atom. The number of hydrogen-bond acceptors (Lipinski definition) is 3. The summed E-state index contributed by atoms with van der Waals surface area (Å²) in [5.74, 6) is 1.36. The van der Waals surface area contributed by atoms with Crippen LogP contribution in [0.1, 0.15) is 17.2 Å². The first-order valence-electron chi connectivity index (χ1n) is 6.29. The highest BCUT2D eigenvalue weighted by atomic mass is 35.5. The highest BCUT2D eigenvalue weighted by Crippen LogP contribution is 2.34. The third-order valence-electron chi connectivity index (χ3n) is 3.13. The predicted molar refractivity (Wildman–Crippen MR) is 79.7 cm³/mol. The van der Waals surface area contributed by atoms with E-state index >= 15 is 0 Å². The number of ether oxygens (including phenoxy) is 2. The Morgan fingerprint density at radius 3 is 2.55 bits per heavy atom. The monoisotopic (exact) mass is 292 g/mol. The Kier molecular flexibility index (Phi) is 4.88. The Balaban J connectivity index is 2.25. The van der Waals surface area contributed by atoms with Crippen molar-refractivity contribution in [3.63, 3.8) is 0 Å². The Morgan fingerprint density at radius 2 is 1.85 bits per heavy atom. The molecular formula is C16H17ClO3. The summed E-state index contributed by atoms with van der Waals surface area (Å²) in [5.41, 5.74) is 1.58. The second kappa shape index (κ2) is 6.64. The molecule has 0 fully saturated rings. The van der Waals surface area contributed by atoms with Crippen molar-refractivity contribution < 1.29 is 14.6 Å². The maximum atomic E-state index is 10.4. The molecule has 0 spiro atoms. The van der Waals surface area contributed by atoms with Crippen LogP contribution in [-0.2, 0) is 6.42 Å². The standard InChI is InChI=1S/C16H17ClO3/c1-19-12-6-3-5-11(9-12)10-14(18)16-13(17)7-4-8-15(16)20-2/h3-9,14,18H,10H2,1-2H3. The van der Waals surface area contributed by atoms with Gasteiger partial charge in [0.15, 0.2) is 0 Å². The molecule has 20 heavy (non-hydrogen) atoms. The zero-order valence-electron chi connectivity index (χ0n) is 11.5. The van der Waals surface area contributed by atoms with E-state index in [4.69, 9.17) is 21.1 Å². The van der Waals surface area contributed by atoms with Gasteiger partial charge in [0.25, 0.3) is 0 Å². The molecule has 0 aromatic heterocycles. The molecule has 0 amide bonds. The van der Waals surface area contributed by atoms with Gasteiger partial charge in [-0.3, -0.25) is 0 Å². The van der Waals surface area contributed by atoms with Crippen LogP contribution in [-0.4, -0.2) is 19.3 Å². The van der Waals surface area contributed by atoms with Gasteiger partial charge in [-0.2, -0.15) is 0 Å². The van der Waals surface area contributed by atoms with Crippen molar-refractivity contribution in [2.75, 3.05) is 14.2 Å². The number of rotatable bonds is 5. The molecule has 0 aliphatic carbocycles. The summed E-state index contributed by atoms with van der Waals surface area (Å²) in [6.45, 7) is 0. The molecule has 1 unspecified atom stereocenters. The van der Waals surface area contributed by atoms with Crippen molar-refractivity contribution in [1.82, 2.24) is 0 Å². The van der Waals surface area contributed by atoms with Crippen LogP contribution in [0.5, 0.6) is 11.5 Å². The van der Waals surface area contributed by atoms with E-state index in [1.54, 1.807) is 32.4 Å². The van der Waals surface area contributed by atoms with Crippen molar-refractivity contribution >= 4 is 11.6 Å². The van der Waals surface area contributed by atoms with Gasteiger partial charge in [0.05, 0.1) is 25.3 Å². The van der Waals surface area contributed by atoms with E-state index in [2.05, 4.69) is 0 Å². The fraction of sp³-hybridized carbons (Fsp3) is 0.250. The molecule has 0 aliphatic heterocycles. The summed E-state index contributed by atoms with van der Waals surface area (Å²) in [6, 6.07) is 12.9. The molecule has 2 rings (SSSR count). The van der Waals surface area contributed by atoms with Gasteiger partial charge in [0.1, 0.15) is 11.5 Å². The molecule has 0 radical (unpaired) electrons. The van der Waals surface area contributed by atoms with E-state index in [1.165, 1.54) is 0 Å². The van der Waals surface area contributed by atoms with E-state index < -0.39 is 6.10 Å². The fourth-order valence-corrected chi connectivity index (χ4v) is 2.44. The van der Waals surface area contributed by atoms with Crippen LogP contribution in [0.15, 0.2) is 42.5 Å². The van der Waals surface area contributed by atoms with Crippen LogP contribution in [0, 0.1) is 0 Å². The first-order valence-corrected chi connectivity index (χ1v) is 6.67. The molecular weight excluding hydrogens is 276 g/mol. The zero-order valence-corrected chi connectivity index (χ0v) is 12.2. The molecule has 0 saturated carbocycles. The highest BCUT2D eigenvalue weighted by molar-refractivity contribution is 6.31. The summed E-state index contributed by atoms with van der Waals surface area (Å²) in [7, 11) is 3.18. The minimum Gasteiger partial charge on any atom is -0.497 e. The van der Waals surface area contributed by atoms with Gasteiger partial charge in [-0.1, -0.05) is 29.8 Å². The highest BCUT2D eigenvalue weighted by Gasteiger charge is 2.17. The smallest absolute Gasteiger partial charge is 0.126 e. The molecule has 2 aromatic rings. The fourth-order valence-electron chi connectivity index (χ4n) is 2.14. The van der Waals surface area contributed by atoms with Crippen molar-refractivity contribution in [1.29, 1.82) is 0 Å². The minimum atomic E-state index is -0.731. The van der Waals surface area contributed by atoms with Gasteiger partial charge < -0.3 is 14.6 Å². The number of aliphatic hydroxyl groups is 1. The van der Waals surface area contributed by atoms with Gasteiger partial charge in [0.2, 0.25) is 0 Å². The summed E-state index contributed by atoms with van der Waals surface area (Å²) in [5, 5.41) is 10.9. The average Bonchev–Trinajstić information content (AvgIpc) is 2.46. The van der Waals surface area contributed by atoms with Gasteiger partial charge in [-0.25, -0.2) is 0 Å². The molecule has 0 saturated heterocycles.